The van der Waals surface area contributed by atoms with Crippen LogP contribution in [0.25, 0.3) is 11.3 Å². The standard InChI is InChI=1S/C22H24N6O/c29-22-9-8-19(17-6-2-10-23-13-17)26-28(22)14-18-7-3-11-27(18)21-12-20(24-15-25-21)16-4-1-5-16/h2,6,8-10,12-13,15-16,18H,1,3-5,7,11,14H2. The lowest BCUT2D eigenvalue weighted by Crippen LogP contribution is -2.37. The van der Waals surface area contributed by atoms with E-state index in [9.17, 15) is 4.79 Å². The van der Waals surface area contributed by atoms with E-state index in [1.54, 1.807) is 35.5 Å². The van der Waals surface area contributed by atoms with Gasteiger partial charge in [0.2, 0.25) is 0 Å². The van der Waals surface area contributed by atoms with Crippen LogP contribution in [0, 0.1) is 0 Å². The van der Waals surface area contributed by atoms with Crippen LogP contribution in [-0.4, -0.2) is 37.3 Å². The van der Waals surface area contributed by atoms with Gasteiger partial charge in [0.15, 0.2) is 0 Å². The van der Waals surface area contributed by atoms with Crippen LogP contribution < -0.4 is 10.5 Å². The van der Waals surface area contributed by atoms with Crippen LogP contribution in [0.15, 0.2) is 53.8 Å². The molecule has 1 atom stereocenters. The van der Waals surface area contributed by atoms with Gasteiger partial charge in [-0.1, -0.05) is 6.42 Å². The van der Waals surface area contributed by atoms with E-state index in [4.69, 9.17) is 0 Å². The molecule has 4 heterocycles. The van der Waals surface area contributed by atoms with Gasteiger partial charge >= 0.3 is 0 Å². The molecule has 1 unspecified atom stereocenters. The molecule has 0 aromatic carbocycles. The Bertz CT molecular complexity index is 1050. The second-order valence-corrected chi connectivity index (χ2v) is 7.90. The summed E-state index contributed by atoms with van der Waals surface area (Å²) in [6, 6.07) is 9.53. The Morgan fingerprint density at radius 3 is 2.79 bits per heavy atom. The van der Waals surface area contributed by atoms with Crippen LogP contribution in [-0.2, 0) is 6.54 Å². The molecule has 1 aliphatic heterocycles. The first-order valence-corrected chi connectivity index (χ1v) is 10.3. The number of pyridine rings is 1. The molecule has 1 saturated carbocycles. The van der Waals surface area contributed by atoms with Gasteiger partial charge in [-0.05, 0) is 43.9 Å². The zero-order valence-corrected chi connectivity index (χ0v) is 16.3. The second kappa shape index (κ2) is 7.73. The van der Waals surface area contributed by atoms with E-state index in [-0.39, 0.29) is 11.6 Å². The van der Waals surface area contributed by atoms with Crippen LogP contribution in [0.4, 0.5) is 5.82 Å². The normalized spacial score (nSPS) is 19.3. The third kappa shape index (κ3) is 3.64. The molecular formula is C22H24N6O. The van der Waals surface area contributed by atoms with Crippen LogP contribution >= 0.6 is 0 Å². The highest BCUT2D eigenvalue weighted by Gasteiger charge is 2.28. The van der Waals surface area contributed by atoms with Gasteiger partial charge in [0, 0.05) is 48.2 Å². The zero-order chi connectivity index (χ0) is 19.6. The summed E-state index contributed by atoms with van der Waals surface area (Å²) in [5.74, 6) is 1.55. The van der Waals surface area contributed by atoms with Gasteiger partial charge in [-0.3, -0.25) is 9.78 Å². The van der Waals surface area contributed by atoms with E-state index in [0.717, 1.165) is 42.2 Å². The smallest absolute Gasteiger partial charge is 0.266 e. The minimum Gasteiger partial charge on any atom is -0.352 e. The first kappa shape index (κ1) is 18.0. The monoisotopic (exact) mass is 388 g/mol. The van der Waals surface area contributed by atoms with Gasteiger partial charge < -0.3 is 4.90 Å². The summed E-state index contributed by atoms with van der Waals surface area (Å²) in [6.07, 6.45) is 11.0. The SMILES string of the molecule is O=c1ccc(-c2cccnc2)nn1CC1CCCN1c1cc(C2CCC2)ncn1. The number of anilines is 1. The Balaban J connectivity index is 1.39. The molecule has 3 aromatic rings. The van der Waals surface area contributed by atoms with Crippen molar-refractivity contribution in [2.75, 3.05) is 11.4 Å². The molecule has 0 bridgehead atoms. The Labute approximate surface area is 169 Å². The molecule has 2 aliphatic rings. The van der Waals surface area contributed by atoms with Crippen molar-refractivity contribution in [1.29, 1.82) is 0 Å². The Kier molecular flexibility index (Phi) is 4.79. The van der Waals surface area contributed by atoms with Crippen LogP contribution in [0.5, 0.6) is 0 Å². The molecule has 7 heteroatoms. The molecule has 0 radical (unpaired) electrons. The molecule has 0 amide bonds. The summed E-state index contributed by atoms with van der Waals surface area (Å²) < 4.78 is 1.58. The Morgan fingerprint density at radius 1 is 1.07 bits per heavy atom. The molecule has 0 N–H and O–H groups in total. The maximum atomic E-state index is 12.5. The Morgan fingerprint density at radius 2 is 2.00 bits per heavy atom. The first-order chi connectivity index (χ1) is 14.3. The van der Waals surface area contributed by atoms with Gasteiger partial charge in [-0.15, -0.1) is 0 Å². The first-order valence-electron chi connectivity index (χ1n) is 10.3. The van der Waals surface area contributed by atoms with Crippen LogP contribution in [0.2, 0.25) is 0 Å². The average Bonchev–Trinajstić information content (AvgIpc) is 3.17. The maximum Gasteiger partial charge on any atom is 0.266 e. The molecule has 29 heavy (non-hydrogen) atoms. The highest BCUT2D eigenvalue weighted by atomic mass is 16.1. The fourth-order valence-corrected chi connectivity index (χ4v) is 4.22. The maximum absolute atomic E-state index is 12.5. The van der Waals surface area contributed by atoms with Crippen LogP contribution in [0.3, 0.4) is 0 Å². The van der Waals surface area contributed by atoms with Crippen molar-refractivity contribution >= 4 is 5.82 Å². The molecule has 7 nitrogen and oxygen atoms in total. The summed E-state index contributed by atoms with van der Waals surface area (Å²) in [5, 5.41) is 4.61. The third-order valence-electron chi connectivity index (χ3n) is 6.08. The van der Waals surface area contributed by atoms with E-state index in [0.29, 0.717) is 12.5 Å². The molecule has 5 rings (SSSR count). The van der Waals surface area contributed by atoms with Crippen molar-refractivity contribution in [3.63, 3.8) is 0 Å². The largest absolute Gasteiger partial charge is 0.352 e. The average molecular weight is 388 g/mol. The van der Waals surface area contributed by atoms with Crippen molar-refractivity contribution in [1.82, 2.24) is 24.7 Å². The van der Waals surface area contributed by atoms with Gasteiger partial charge in [0.05, 0.1) is 18.3 Å². The fraction of sp³-hybridized carbons (Fsp3) is 0.409. The summed E-state index contributed by atoms with van der Waals surface area (Å²) in [4.78, 5) is 28.0. The molecule has 0 spiro atoms. The van der Waals surface area contributed by atoms with E-state index < -0.39 is 0 Å². The van der Waals surface area contributed by atoms with E-state index in [1.165, 1.54) is 19.3 Å². The van der Waals surface area contributed by atoms with Gasteiger partial charge in [-0.25, -0.2) is 14.6 Å². The summed E-state index contributed by atoms with van der Waals surface area (Å²) >= 11 is 0. The summed E-state index contributed by atoms with van der Waals surface area (Å²) in [7, 11) is 0. The Hall–Kier alpha value is -3.09. The number of hydrogen-bond acceptors (Lipinski definition) is 6. The van der Waals surface area contributed by atoms with Crippen LogP contribution in [0.1, 0.15) is 43.7 Å². The molecule has 2 fully saturated rings. The molecular weight excluding hydrogens is 364 g/mol. The van der Waals surface area contributed by atoms with Gasteiger partial charge in [0.1, 0.15) is 12.1 Å². The van der Waals surface area contributed by atoms with E-state index >= 15 is 0 Å². The quantitative estimate of drug-likeness (QED) is 0.669. The highest BCUT2D eigenvalue weighted by molar-refractivity contribution is 5.56. The fourth-order valence-electron chi connectivity index (χ4n) is 4.22. The number of aromatic nitrogens is 5. The number of nitrogens with zero attached hydrogens (tertiary/aromatic N) is 6. The van der Waals surface area contributed by atoms with Crippen molar-refractivity contribution in [2.24, 2.45) is 0 Å². The predicted molar refractivity (Wildman–Crippen MR) is 111 cm³/mol. The minimum atomic E-state index is -0.0812. The van der Waals surface area contributed by atoms with Gasteiger partial charge in [0.25, 0.3) is 5.56 Å². The highest BCUT2D eigenvalue weighted by Crippen LogP contribution is 2.36. The van der Waals surface area contributed by atoms with Crippen molar-refractivity contribution in [2.45, 2.75) is 50.6 Å². The van der Waals surface area contributed by atoms with Crippen molar-refractivity contribution < 1.29 is 0 Å². The number of rotatable bonds is 5. The summed E-state index contributed by atoms with van der Waals surface area (Å²) in [6.45, 7) is 1.50. The molecule has 1 aliphatic carbocycles. The molecule has 3 aromatic heterocycles. The lowest BCUT2D eigenvalue weighted by Gasteiger charge is -2.28. The van der Waals surface area contributed by atoms with Gasteiger partial charge in [-0.2, -0.15) is 5.10 Å². The van der Waals surface area contributed by atoms with E-state index in [2.05, 4.69) is 31.0 Å². The molecule has 1 saturated heterocycles. The number of hydrogen-bond donors (Lipinski definition) is 0. The van der Waals surface area contributed by atoms with E-state index in [1.807, 2.05) is 12.1 Å². The predicted octanol–water partition coefficient (Wildman–Crippen LogP) is 3.03. The zero-order valence-electron chi connectivity index (χ0n) is 16.3. The second-order valence-electron chi connectivity index (χ2n) is 7.90. The van der Waals surface area contributed by atoms with Crippen molar-refractivity contribution in [3.05, 3.63) is 65.1 Å². The lowest BCUT2D eigenvalue weighted by molar-refractivity contribution is 0.410. The minimum absolute atomic E-state index is 0.0812. The summed E-state index contributed by atoms with van der Waals surface area (Å²) in [5.41, 5.74) is 2.74. The third-order valence-corrected chi connectivity index (χ3v) is 6.08. The molecule has 148 valence electrons. The lowest BCUT2D eigenvalue weighted by atomic mass is 9.83. The topological polar surface area (TPSA) is 76.8 Å². The van der Waals surface area contributed by atoms with Crippen molar-refractivity contribution in [3.8, 4) is 11.3 Å².